The topological polar surface area (TPSA) is 40.5 Å². The maximum Gasteiger partial charge on any atom is 0.162 e. The fourth-order valence-electron chi connectivity index (χ4n) is 4.35. The minimum absolute atomic E-state index is 0.287. The molecule has 0 fully saturated rings. The van der Waals surface area contributed by atoms with Crippen LogP contribution in [0.5, 0.6) is 0 Å². The van der Waals surface area contributed by atoms with Gasteiger partial charge in [-0.1, -0.05) is 60.7 Å². The Morgan fingerprint density at radius 3 is 1.78 bits per heavy atom. The molecule has 0 atom stereocenters. The molecular formula is C32H21F2N3. The molecule has 0 bridgehead atoms. The number of H-pyrrole nitrogens is 1. The zero-order valence-corrected chi connectivity index (χ0v) is 19.7. The number of rotatable bonds is 5. The second-order valence-corrected chi connectivity index (χ2v) is 8.68. The molecule has 0 saturated carbocycles. The molecule has 3 nitrogen and oxygen atoms in total. The summed E-state index contributed by atoms with van der Waals surface area (Å²) in [5.74, 6) is 0.614. The highest BCUT2D eigenvalue weighted by atomic mass is 19.1. The minimum atomic E-state index is -0.296. The molecule has 1 aliphatic rings. The molecule has 0 spiro atoms. The van der Waals surface area contributed by atoms with E-state index in [0.717, 1.165) is 39.1 Å². The molecule has 0 amide bonds. The molecule has 4 aromatic carbocycles. The van der Waals surface area contributed by atoms with E-state index in [9.17, 15) is 8.78 Å². The molecule has 1 N–H and O–H groups in total. The number of aromatic amines is 1. The van der Waals surface area contributed by atoms with Crippen LogP contribution in [-0.2, 0) is 0 Å². The Balaban J connectivity index is 1.51. The molecule has 1 aliphatic heterocycles. The number of nitrogens with one attached hydrogen (secondary N) is 1. The number of nitrogens with zero attached hydrogens (tertiary/aromatic N) is 2. The first-order valence-corrected chi connectivity index (χ1v) is 11.9. The van der Waals surface area contributed by atoms with Crippen LogP contribution < -0.4 is 0 Å². The summed E-state index contributed by atoms with van der Waals surface area (Å²) < 4.78 is 27.1. The molecular weight excluding hydrogens is 464 g/mol. The van der Waals surface area contributed by atoms with Gasteiger partial charge >= 0.3 is 0 Å². The van der Waals surface area contributed by atoms with E-state index in [1.54, 1.807) is 24.3 Å². The van der Waals surface area contributed by atoms with Crippen LogP contribution in [0.3, 0.4) is 0 Å². The van der Waals surface area contributed by atoms with E-state index in [1.165, 1.54) is 24.3 Å². The minimum Gasteiger partial charge on any atom is -0.339 e. The number of allylic oxidation sites excluding steroid dienone is 1. The highest BCUT2D eigenvalue weighted by Crippen LogP contribution is 2.36. The van der Waals surface area contributed by atoms with Gasteiger partial charge in [0.25, 0.3) is 0 Å². The van der Waals surface area contributed by atoms with Gasteiger partial charge in [-0.2, -0.15) is 0 Å². The molecule has 37 heavy (non-hydrogen) atoms. The van der Waals surface area contributed by atoms with Gasteiger partial charge < -0.3 is 4.98 Å². The average molecular weight is 486 g/mol. The third-order valence-electron chi connectivity index (χ3n) is 6.23. The highest BCUT2D eigenvalue weighted by Gasteiger charge is 2.21. The van der Waals surface area contributed by atoms with Crippen LogP contribution in [-0.4, -0.2) is 16.5 Å². The van der Waals surface area contributed by atoms with Gasteiger partial charge in [0.05, 0.1) is 5.71 Å². The van der Waals surface area contributed by atoms with E-state index in [4.69, 9.17) is 9.98 Å². The molecule has 0 saturated heterocycles. The van der Waals surface area contributed by atoms with Crippen molar-refractivity contribution in [2.24, 2.45) is 9.98 Å². The van der Waals surface area contributed by atoms with Crippen LogP contribution >= 0.6 is 0 Å². The third-order valence-corrected chi connectivity index (χ3v) is 6.23. The van der Waals surface area contributed by atoms with Crippen molar-refractivity contribution in [1.29, 1.82) is 0 Å². The molecule has 0 radical (unpaired) electrons. The molecule has 178 valence electrons. The van der Waals surface area contributed by atoms with Crippen LogP contribution in [0.15, 0.2) is 131 Å². The van der Waals surface area contributed by atoms with E-state index in [1.807, 2.05) is 72.8 Å². The van der Waals surface area contributed by atoms with Crippen LogP contribution in [0.1, 0.15) is 11.1 Å². The average Bonchev–Trinajstić information content (AvgIpc) is 3.56. The Morgan fingerprint density at radius 2 is 1.16 bits per heavy atom. The first-order chi connectivity index (χ1) is 18.1. The second-order valence-electron chi connectivity index (χ2n) is 8.68. The summed E-state index contributed by atoms with van der Waals surface area (Å²) in [6, 6.07) is 34.6. The van der Waals surface area contributed by atoms with Gasteiger partial charge in [0.2, 0.25) is 0 Å². The van der Waals surface area contributed by atoms with E-state index in [2.05, 4.69) is 4.98 Å². The molecule has 0 unspecified atom stereocenters. The summed E-state index contributed by atoms with van der Waals surface area (Å²) in [7, 11) is 0. The van der Waals surface area contributed by atoms with Crippen LogP contribution in [0.4, 0.5) is 14.6 Å². The number of hydrogen-bond acceptors (Lipinski definition) is 1. The lowest BCUT2D eigenvalue weighted by molar-refractivity contribution is 0.627. The van der Waals surface area contributed by atoms with Gasteiger partial charge in [0.1, 0.15) is 17.5 Å². The lowest BCUT2D eigenvalue weighted by Crippen LogP contribution is -1.96. The fraction of sp³-hybridized carbons (Fsp3) is 0. The summed E-state index contributed by atoms with van der Waals surface area (Å²) in [6.07, 6.45) is 1.98. The zero-order valence-electron chi connectivity index (χ0n) is 19.7. The first-order valence-electron chi connectivity index (χ1n) is 11.9. The molecule has 0 aliphatic carbocycles. The monoisotopic (exact) mass is 485 g/mol. The van der Waals surface area contributed by atoms with E-state index in [-0.39, 0.29) is 11.6 Å². The maximum absolute atomic E-state index is 13.6. The molecule has 1 aromatic heterocycles. The van der Waals surface area contributed by atoms with E-state index in [0.29, 0.717) is 17.4 Å². The summed E-state index contributed by atoms with van der Waals surface area (Å²) in [4.78, 5) is 13.3. The van der Waals surface area contributed by atoms with Crippen molar-refractivity contribution in [2.75, 3.05) is 0 Å². The number of amidine groups is 1. The van der Waals surface area contributed by atoms with Gasteiger partial charge in [-0.3, -0.25) is 0 Å². The van der Waals surface area contributed by atoms with Crippen molar-refractivity contribution in [3.8, 4) is 22.4 Å². The lowest BCUT2D eigenvalue weighted by Gasteiger charge is -2.04. The Kier molecular flexibility index (Phi) is 5.87. The number of halogens is 2. The zero-order chi connectivity index (χ0) is 25.2. The number of aliphatic imine (C=N–C) groups is 2. The van der Waals surface area contributed by atoms with E-state index >= 15 is 0 Å². The summed E-state index contributed by atoms with van der Waals surface area (Å²) >= 11 is 0. The lowest BCUT2D eigenvalue weighted by atomic mass is 10.0. The number of benzene rings is 4. The van der Waals surface area contributed by atoms with E-state index < -0.39 is 0 Å². The normalized spacial score (nSPS) is 14.1. The van der Waals surface area contributed by atoms with Crippen molar-refractivity contribution in [2.45, 2.75) is 0 Å². The standard InChI is InChI=1S/C32H21F2N3/c33-25-15-11-23(12-16-25)29-19-27(21-7-3-1-4-8-21)31(35-29)37-32-28(22-9-5-2-6-10-22)20-30(36-32)24-13-17-26(34)18-14-24/h1-20,35H. The first kappa shape index (κ1) is 22.6. The molecule has 5 aromatic rings. The number of hydrogen-bond donors (Lipinski definition) is 1. The molecule has 5 heteroatoms. The van der Waals surface area contributed by atoms with Gasteiger partial charge in [-0.05, 0) is 77.4 Å². The van der Waals surface area contributed by atoms with Gasteiger partial charge in [-0.15, -0.1) is 0 Å². The summed E-state index contributed by atoms with van der Waals surface area (Å²) in [6.45, 7) is 0. The van der Waals surface area contributed by atoms with Crippen LogP contribution in [0, 0.1) is 11.6 Å². The Morgan fingerprint density at radius 1 is 0.595 bits per heavy atom. The second kappa shape index (κ2) is 9.63. The van der Waals surface area contributed by atoms with Gasteiger partial charge in [0, 0.05) is 22.4 Å². The van der Waals surface area contributed by atoms with Gasteiger partial charge in [0.15, 0.2) is 5.84 Å². The quantitative estimate of drug-likeness (QED) is 0.260. The highest BCUT2D eigenvalue weighted by molar-refractivity contribution is 6.38. The molecule has 2 heterocycles. The third kappa shape index (κ3) is 4.67. The van der Waals surface area contributed by atoms with Crippen molar-refractivity contribution in [3.63, 3.8) is 0 Å². The Bertz CT molecular complexity index is 1650. The fourth-order valence-corrected chi connectivity index (χ4v) is 4.35. The Labute approximate surface area is 213 Å². The van der Waals surface area contributed by atoms with Crippen molar-refractivity contribution in [3.05, 3.63) is 144 Å². The summed E-state index contributed by atoms with van der Waals surface area (Å²) in [5, 5.41) is 0. The van der Waals surface area contributed by atoms with Crippen LogP contribution in [0.2, 0.25) is 0 Å². The predicted molar refractivity (Wildman–Crippen MR) is 146 cm³/mol. The van der Waals surface area contributed by atoms with Crippen molar-refractivity contribution >= 4 is 22.9 Å². The largest absolute Gasteiger partial charge is 0.339 e. The van der Waals surface area contributed by atoms with Gasteiger partial charge in [-0.25, -0.2) is 18.8 Å². The predicted octanol–water partition coefficient (Wildman–Crippen LogP) is 8.24. The maximum atomic E-state index is 13.6. The SMILES string of the molecule is Fc1ccc(C2=NC(=Nc3[nH]c(-c4ccc(F)cc4)cc3-c3ccccc3)C(c3ccccc3)=C2)cc1. The number of aromatic nitrogens is 1. The smallest absolute Gasteiger partial charge is 0.162 e. The van der Waals surface area contributed by atoms with Crippen LogP contribution in [0.25, 0.3) is 28.0 Å². The molecule has 6 rings (SSSR count). The summed E-state index contributed by atoms with van der Waals surface area (Å²) in [5.41, 5.74) is 6.95. The van der Waals surface area contributed by atoms with Crippen molar-refractivity contribution in [1.82, 2.24) is 4.98 Å². The Hall–Kier alpha value is -4.90. The van der Waals surface area contributed by atoms with Crippen molar-refractivity contribution < 1.29 is 8.78 Å².